The summed E-state index contributed by atoms with van der Waals surface area (Å²) in [6.45, 7) is 6.13. The van der Waals surface area contributed by atoms with Crippen molar-refractivity contribution < 1.29 is 4.39 Å². The normalized spacial score (nSPS) is 10.9. The maximum absolute atomic E-state index is 13.1. The van der Waals surface area contributed by atoms with Crippen LogP contribution in [0.3, 0.4) is 0 Å². The molecule has 0 aromatic carbocycles. The Labute approximate surface area is 99.3 Å². The highest BCUT2D eigenvalue weighted by molar-refractivity contribution is 5.37. The molecular weight excluding hydrogens is 219 g/mol. The van der Waals surface area contributed by atoms with Crippen LogP contribution in [0.4, 0.5) is 4.39 Å². The summed E-state index contributed by atoms with van der Waals surface area (Å²) in [6.07, 6.45) is 1.18. The monoisotopic (exact) mass is 234 g/mol. The fraction of sp³-hybridized carbons (Fsp3) is 0.333. The minimum Gasteiger partial charge on any atom is -0.326 e. The first kappa shape index (κ1) is 11.7. The van der Waals surface area contributed by atoms with Crippen LogP contribution in [0.5, 0.6) is 0 Å². The summed E-state index contributed by atoms with van der Waals surface area (Å²) >= 11 is 0. The number of rotatable bonds is 2. The van der Waals surface area contributed by atoms with Crippen LogP contribution in [-0.2, 0) is 6.54 Å². The van der Waals surface area contributed by atoms with Crippen molar-refractivity contribution in [3.8, 4) is 5.82 Å². The first-order valence-electron chi connectivity index (χ1n) is 5.42. The van der Waals surface area contributed by atoms with E-state index in [1.807, 2.05) is 20.8 Å². The molecule has 2 N–H and O–H groups in total. The maximum atomic E-state index is 13.1. The van der Waals surface area contributed by atoms with Crippen LogP contribution in [0.2, 0.25) is 0 Å². The fourth-order valence-corrected chi connectivity index (χ4v) is 1.74. The minimum atomic E-state index is -0.382. The van der Waals surface area contributed by atoms with Crippen LogP contribution in [-0.4, -0.2) is 14.8 Å². The van der Waals surface area contributed by atoms with E-state index in [0.29, 0.717) is 11.4 Å². The van der Waals surface area contributed by atoms with Crippen molar-refractivity contribution in [2.75, 3.05) is 0 Å². The predicted octanol–water partition coefficient (Wildman–Crippen LogP) is 1.79. The quantitative estimate of drug-likeness (QED) is 0.861. The molecule has 2 rings (SSSR count). The van der Waals surface area contributed by atoms with E-state index in [-0.39, 0.29) is 12.4 Å². The predicted molar refractivity (Wildman–Crippen MR) is 63.4 cm³/mol. The summed E-state index contributed by atoms with van der Waals surface area (Å²) in [5.41, 5.74) is 9.30. The molecule has 0 aliphatic rings. The van der Waals surface area contributed by atoms with Crippen molar-refractivity contribution in [2.45, 2.75) is 27.3 Å². The summed E-state index contributed by atoms with van der Waals surface area (Å²) < 4.78 is 14.8. The van der Waals surface area contributed by atoms with Crippen LogP contribution in [0.25, 0.3) is 5.82 Å². The fourth-order valence-electron chi connectivity index (χ4n) is 1.74. The Morgan fingerprint density at radius 1 is 1.35 bits per heavy atom. The number of hydrogen-bond donors (Lipinski definition) is 1. The van der Waals surface area contributed by atoms with Crippen LogP contribution in [0.1, 0.15) is 22.5 Å². The Bertz CT molecular complexity index is 560. The second-order valence-electron chi connectivity index (χ2n) is 4.05. The molecule has 2 aromatic heterocycles. The van der Waals surface area contributed by atoms with Crippen molar-refractivity contribution >= 4 is 0 Å². The van der Waals surface area contributed by atoms with Crippen molar-refractivity contribution in [3.05, 3.63) is 40.6 Å². The van der Waals surface area contributed by atoms with E-state index in [0.717, 1.165) is 17.0 Å². The van der Waals surface area contributed by atoms with Crippen LogP contribution < -0.4 is 5.73 Å². The lowest BCUT2D eigenvalue weighted by Gasteiger charge is -2.08. The zero-order valence-electron chi connectivity index (χ0n) is 10.2. The van der Waals surface area contributed by atoms with E-state index in [9.17, 15) is 4.39 Å². The number of hydrogen-bond acceptors (Lipinski definition) is 3. The molecular formula is C12H15FN4. The molecule has 0 bridgehead atoms. The number of halogens is 1. The molecule has 90 valence electrons. The lowest BCUT2D eigenvalue weighted by molar-refractivity contribution is 0.614. The van der Waals surface area contributed by atoms with E-state index >= 15 is 0 Å². The van der Waals surface area contributed by atoms with Crippen LogP contribution >= 0.6 is 0 Å². The molecule has 0 atom stereocenters. The Morgan fingerprint density at radius 2 is 2.06 bits per heavy atom. The van der Waals surface area contributed by atoms with E-state index in [1.54, 1.807) is 4.68 Å². The summed E-state index contributed by atoms with van der Waals surface area (Å²) in [6, 6.07) is 1.40. The standard InChI is InChI=1S/C12H15FN4/c1-7-8(2)16-17(9(7)3)12-10(5-14)4-11(13)6-15-12/h4,6H,5,14H2,1-3H3. The molecule has 2 aromatic rings. The molecule has 4 nitrogen and oxygen atoms in total. The van der Waals surface area contributed by atoms with Crippen molar-refractivity contribution in [1.82, 2.24) is 14.8 Å². The minimum absolute atomic E-state index is 0.234. The third kappa shape index (κ3) is 1.93. The van der Waals surface area contributed by atoms with Crippen molar-refractivity contribution in [2.24, 2.45) is 5.73 Å². The van der Waals surface area contributed by atoms with Gasteiger partial charge in [-0.05, 0) is 32.4 Å². The molecule has 0 amide bonds. The topological polar surface area (TPSA) is 56.7 Å². The van der Waals surface area contributed by atoms with E-state index in [2.05, 4.69) is 10.1 Å². The number of aromatic nitrogens is 3. The van der Waals surface area contributed by atoms with Crippen molar-refractivity contribution in [3.63, 3.8) is 0 Å². The summed E-state index contributed by atoms with van der Waals surface area (Å²) in [7, 11) is 0. The molecule has 0 aliphatic carbocycles. The number of nitrogens with two attached hydrogens (primary N) is 1. The van der Waals surface area contributed by atoms with Gasteiger partial charge in [0.05, 0.1) is 11.9 Å². The Hall–Kier alpha value is -1.75. The van der Waals surface area contributed by atoms with Gasteiger partial charge in [-0.15, -0.1) is 0 Å². The number of nitrogens with zero attached hydrogens (tertiary/aromatic N) is 3. The average Bonchev–Trinajstić information content (AvgIpc) is 2.57. The number of pyridine rings is 1. The molecule has 17 heavy (non-hydrogen) atoms. The lowest BCUT2D eigenvalue weighted by atomic mass is 10.2. The number of aryl methyl sites for hydroxylation is 1. The molecule has 0 radical (unpaired) electrons. The largest absolute Gasteiger partial charge is 0.326 e. The van der Waals surface area contributed by atoms with Gasteiger partial charge in [0.1, 0.15) is 5.82 Å². The van der Waals surface area contributed by atoms with Crippen molar-refractivity contribution in [1.29, 1.82) is 0 Å². The first-order chi connectivity index (χ1) is 8.04. The summed E-state index contributed by atoms with van der Waals surface area (Å²) in [5, 5.41) is 4.39. The summed E-state index contributed by atoms with van der Waals surface area (Å²) in [5.74, 6) is 0.218. The van der Waals surface area contributed by atoms with Gasteiger partial charge in [0.15, 0.2) is 5.82 Å². The second-order valence-corrected chi connectivity index (χ2v) is 4.05. The van der Waals surface area contributed by atoms with Crippen LogP contribution in [0.15, 0.2) is 12.3 Å². The zero-order chi connectivity index (χ0) is 12.6. The Kier molecular flexibility index (Phi) is 2.93. The highest BCUT2D eigenvalue weighted by Gasteiger charge is 2.13. The highest BCUT2D eigenvalue weighted by atomic mass is 19.1. The lowest BCUT2D eigenvalue weighted by Crippen LogP contribution is -2.10. The Balaban J connectivity index is 2.64. The molecule has 0 spiro atoms. The van der Waals surface area contributed by atoms with Gasteiger partial charge < -0.3 is 5.73 Å². The van der Waals surface area contributed by atoms with Gasteiger partial charge in [-0.1, -0.05) is 0 Å². The van der Waals surface area contributed by atoms with Gasteiger partial charge in [-0.25, -0.2) is 14.1 Å². The zero-order valence-corrected chi connectivity index (χ0v) is 10.2. The smallest absolute Gasteiger partial charge is 0.158 e. The maximum Gasteiger partial charge on any atom is 0.158 e. The van der Waals surface area contributed by atoms with Gasteiger partial charge >= 0.3 is 0 Å². The van der Waals surface area contributed by atoms with Gasteiger partial charge in [0.25, 0.3) is 0 Å². The van der Waals surface area contributed by atoms with E-state index in [1.165, 1.54) is 12.3 Å². The molecule has 5 heteroatoms. The Morgan fingerprint density at radius 3 is 2.59 bits per heavy atom. The van der Waals surface area contributed by atoms with E-state index < -0.39 is 0 Å². The molecule has 0 saturated carbocycles. The first-order valence-corrected chi connectivity index (χ1v) is 5.42. The molecule has 2 heterocycles. The third-order valence-corrected chi connectivity index (χ3v) is 2.98. The molecule has 0 fully saturated rings. The molecule has 0 saturated heterocycles. The van der Waals surface area contributed by atoms with Gasteiger partial charge in [0.2, 0.25) is 0 Å². The van der Waals surface area contributed by atoms with Crippen LogP contribution in [0, 0.1) is 26.6 Å². The molecule has 0 unspecified atom stereocenters. The van der Waals surface area contributed by atoms with Gasteiger partial charge in [-0.2, -0.15) is 5.10 Å². The van der Waals surface area contributed by atoms with Gasteiger partial charge in [0, 0.05) is 17.8 Å². The highest BCUT2D eigenvalue weighted by Crippen LogP contribution is 2.18. The second kappa shape index (κ2) is 4.25. The average molecular weight is 234 g/mol. The summed E-state index contributed by atoms with van der Waals surface area (Å²) in [4.78, 5) is 4.08. The van der Waals surface area contributed by atoms with E-state index in [4.69, 9.17) is 5.73 Å². The SMILES string of the molecule is Cc1nn(-c2ncc(F)cc2CN)c(C)c1C. The third-order valence-electron chi connectivity index (χ3n) is 2.98. The van der Waals surface area contributed by atoms with Gasteiger partial charge in [-0.3, -0.25) is 0 Å². The molecule has 0 aliphatic heterocycles.